The van der Waals surface area contributed by atoms with Gasteiger partial charge in [-0.3, -0.25) is 0 Å². The Morgan fingerprint density at radius 3 is 2.79 bits per heavy atom. The molecule has 0 aliphatic rings. The van der Waals surface area contributed by atoms with E-state index in [1.165, 1.54) is 6.21 Å². The molecule has 0 radical (unpaired) electrons. The van der Waals surface area contributed by atoms with E-state index in [2.05, 4.69) is 15.0 Å². The molecule has 4 nitrogen and oxygen atoms in total. The second kappa shape index (κ2) is 4.60. The fourth-order valence-corrected chi connectivity index (χ4v) is 1.14. The second-order valence-electron chi connectivity index (χ2n) is 3.17. The van der Waals surface area contributed by atoms with Gasteiger partial charge in [0.1, 0.15) is 5.82 Å². The maximum Gasteiger partial charge on any atom is 0.155 e. The van der Waals surface area contributed by atoms with Crippen LogP contribution in [0.3, 0.4) is 0 Å². The van der Waals surface area contributed by atoms with Gasteiger partial charge in [0.15, 0.2) is 5.82 Å². The summed E-state index contributed by atoms with van der Waals surface area (Å²) in [5, 5.41) is 6.94. The molecule has 0 saturated heterocycles. The van der Waals surface area contributed by atoms with Crippen molar-refractivity contribution in [3.05, 3.63) is 17.6 Å². The van der Waals surface area contributed by atoms with E-state index in [0.29, 0.717) is 12.2 Å². The van der Waals surface area contributed by atoms with Gasteiger partial charge in [0.05, 0.1) is 0 Å². The number of hydrogen-bond donors (Lipinski definition) is 1. The first-order chi connectivity index (χ1) is 6.61. The summed E-state index contributed by atoms with van der Waals surface area (Å²) in [6.07, 6.45) is 1.90. The lowest BCUT2D eigenvalue weighted by atomic mass is 10.3. The zero-order chi connectivity index (χ0) is 10.6. The highest BCUT2D eigenvalue weighted by Gasteiger charge is 1.97. The number of aliphatic imine (C=N–C) groups is 1. The molecule has 0 atom stereocenters. The molecular formula is C10H14N4. The third-order valence-corrected chi connectivity index (χ3v) is 1.66. The summed E-state index contributed by atoms with van der Waals surface area (Å²) < 4.78 is 0. The van der Waals surface area contributed by atoms with Gasteiger partial charge < -0.3 is 5.41 Å². The van der Waals surface area contributed by atoms with E-state index in [-0.39, 0.29) is 0 Å². The summed E-state index contributed by atoms with van der Waals surface area (Å²) in [4.78, 5) is 12.6. The van der Waals surface area contributed by atoms with Gasteiger partial charge in [-0.05, 0) is 20.8 Å². The standard InChI is InChI=1S/C10H14N4/c1-7(4-5-11)13-10-6-8(2)12-9(3)14-10/h5-6,11H,4H2,1-3H3. The minimum atomic E-state index is 0.572. The van der Waals surface area contributed by atoms with E-state index in [1.807, 2.05) is 26.8 Å². The number of aryl methyl sites for hydroxylation is 2. The molecule has 1 N–H and O–H groups in total. The summed E-state index contributed by atoms with van der Waals surface area (Å²) in [5.41, 5.74) is 1.80. The maximum absolute atomic E-state index is 6.94. The van der Waals surface area contributed by atoms with Gasteiger partial charge in [0, 0.05) is 30.1 Å². The Kier molecular flexibility index (Phi) is 3.45. The predicted octanol–water partition coefficient (Wildman–Crippen LogP) is 2.23. The topological polar surface area (TPSA) is 62.0 Å². The van der Waals surface area contributed by atoms with Gasteiger partial charge >= 0.3 is 0 Å². The first-order valence-electron chi connectivity index (χ1n) is 4.47. The first kappa shape index (κ1) is 10.5. The second-order valence-corrected chi connectivity index (χ2v) is 3.17. The molecule has 0 unspecified atom stereocenters. The molecule has 0 aliphatic carbocycles. The molecule has 1 heterocycles. The van der Waals surface area contributed by atoms with E-state index < -0.39 is 0 Å². The van der Waals surface area contributed by atoms with Gasteiger partial charge in [-0.1, -0.05) is 0 Å². The third-order valence-electron chi connectivity index (χ3n) is 1.66. The molecule has 4 heteroatoms. The van der Waals surface area contributed by atoms with Crippen molar-refractivity contribution in [3.63, 3.8) is 0 Å². The lowest BCUT2D eigenvalue weighted by molar-refractivity contribution is 1.01. The molecular weight excluding hydrogens is 176 g/mol. The first-order valence-corrected chi connectivity index (χ1v) is 4.47. The largest absolute Gasteiger partial charge is 0.313 e. The number of nitrogens with zero attached hydrogens (tertiary/aromatic N) is 3. The number of rotatable bonds is 3. The molecule has 0 bridgehead atoms. The highest BCUT2D eigenvalue weighted by molar-refractivity contribution is 5.94. The van der Waals surface area contributed by atoms with Crippen LogP contribution in [0.1, 0.15) is 24.9 Å². The maximum atomic E-state index is 6.94. The van der Waals surface area contributed by atoms with Crippen molar-refractivity contribution in [2.75, 3.05) is 0 Å². The quantitative estimate of drug-likeness (QED) is 0.743. The van der Waals surface area contributed by atoms with Gasteiger partial charge in [0.2, 0.25) is 0 Å². The molecule has 1 aromatic rings. The summed E-state index contributed by atoms with van der Waals surface area (Å²) in [6, 6.07) is 1.83. The minimum absolute atomic E-state index is 0.572. The van der Waals surface area contributed by atoms with E-state index in [0.717, 1.165) is 17.2 Å². The lowest BCUT2D eigenvalue weighted by Gasteiger charge is -1.99. The Morgan fingerprint density at radius 1 is 1.50 bits per heavy atom. The SMILES string of the molecule is CC(CC=N)=Nc1cc(C)nc(C)n1. The lowest BCUT2D eigenvalue weighted by Crippen LogP contribution is -1.94. The minimum Gasteiger partial charge on any atom is -0.313 e. The highest BCUT2D eigenvalue weighted by Crippen LogP contribution is 2.10. The average molecular weight is 190 g/mol. The average Bonchev–Trinajstić information content (AvgIpc) is 2.01. The van der Waals surface area contributed by atoms with Crippen LogP contribution in [0.15, 0.2) is 11.1 Å². The molecule has 0 fully saturated rings. The van der Waals surface area contributed by atoms with Gasteiger partial charge in [-0.15, -0.1) is 0 Å². The number of aromatic nitrogens is 2. The van der Waals surface area contributed by atoms with Crippen LogP contribution in [0.4, 0.5) is 5.82 Å². The molecule has 1 rings (SSSR count). The fraction of sp³-hybridized carbons (Fsp3) is 0.400. The van der Waals surface area contributed by atoms with Crippen molar-refractivity contribution in [3.8, 4) is 0 Å². The van der Waals surface area contributed by atoms with Crippen LogP contribution in [0.5, 0.6) is 0 Å². The molecule has 0 saturated carbocycles. The van der Waals surface area contributed by atoms with Crippen LogP contribution in [0, 0.1) is 19.3 Å². The predicted molar refractivity (Wildman–Crippen MR) is 57.7 cm³/mol. The smallest absolute Gasteiger partial charge is 0.155 e. The Labute approximate surface area is 83.6 Å². The van der Waals surface area contributed by atoms with Crippen molar-refractivity contribution in [1.82, 2.24) is 9.97 Å². The van der Waals surface area contributed by atoms with Crippen LogP contribution in [-0.4, -0.2) is 21.9 Å². The molecule has 0 spiro atoms. The van der Waals surface area contributed by atoms with E-state index in [9.17, 15) is 0 Å². The van der Waals surface area contributed by atoms with Gasteiger partial charge in [-0.25, -0.2) is 15.0 Å². The van der Waals surface area contributed by atoms with Crippen molar-refractivity contribution in [2.45, 2.75) is 27.2 Å². The van der Waals surface area contributed by atoms with E-state index in [1.54, 1.807) is 0 Å². The van der Waals surface area contributed by atoms with Gasteiger partial charge in [-0.2, -0.15) is 0 Å². The molecule has 0 amide bonds. The number of hydrogen-bond acceptors (Lipinski definition) is 4. The van der Waals surface area contributed by atoms with E-state index in [4.69, 9.17) is 5.41 Å². The summed E-state index contributed by atoms with van der Waals surface area (Å²) in [6.45, 7) is 5.65. The zero-order valence-electron chi connectivity index (χ0n) is 8.70. The third kappa shape index (κ3) is 3.05. The van der Waals surface area contributed by atoms with Crippen LogP contribution >= 0.6 is 0 Å². The Bertz CT molecular complexity index is 348. The fourth-order valence-electron chi connectivity index (χ4n) is 1.14. The van der Waals surface area contributed by atoms with Crippen molar-refractivity contribution in [2.24, 2.45) is 4.99 Å². The van der Waals surface area contributed by atoms with Crippen LogP contribution in [0.2, 0.25) is 0 Å². The molecule has 0 aromatic carbocycles. The molecule has 14 heavy (non-hydrogen) atoms. The summed E-state index contributed by atoms with van der Waals surface area (Å²) in [5.74, 6) is 1.40. The molecule has 74 valence electrons. The van der Waals surface area contributed by atoms with E-state index >= 15 is 0 Å². The Morgan fingerprint density at radius 2 is 2.21 bits per heavy atom. The monoisotopic (exact) mass is 190 g/mol. The normalized spacial score (nSPS) is 11.5. The van der Waals surface area contributed by atoms with Crippen LogP contribution in [0.25, 0.3) is 0 Å². The summed E-state index contributed by atoms with van der Waals surface area (Å²) in [7, 11) is 0. The number of nitrogens with one attached hydrogen (secondary N) is 1. The zero-order valence-corrected chi connectivity index (χ0v) is 8.70. The molecule has 1 aromatic heterocycles. The highest BCUT2D eigenvalue weighted by atomic mass is 15.0. The molecule has 0 aliphatic heterocycles. The van der Waals surface area contributed by atoms with Gasteiger partial charge in [0.25, 0.3) is 0 Å². The summed E-state index contributed by atoms with van der Waals surface area (Å²) >= 11 is 0. The van der Waals surface area contributed by atoms with Crippen LogP contribution in [-0.2, 0) is 0 Å². The van der Waals surface area contributed by atoms with Crippen LogP contribution < -0.4 is 0 Å². The van der Waals surface area contributed by atoms with Crippen molar-refractivity contribution < 1.29 is 0 Å². The van der Waals surface area contributed by atoms with Crippen molar-refractivity contribution in [1.29, 1.82) is 5.41 Å². The Balaban J connectivity index is 2.96. The Hall–Kier alpha value is -1.58. The van der Waals surface area contributed by atoms with Crippen molar-refractivity contribution >= 4 is 17.7 Å².